The van der Waals surface area contributed by atoms with Gasteiger partial charge in [-0.3, -0.25) is 0 Å². The molecule has 2 aromatic rings. The fourth-order valence-corrected chi connectivity index (χ4v) is 4.69. The minimum absolute atomic E-state index is 0.0470. The first kappa shape index (κ1) is 18.4. The van der Waals surface area contributed by atoms with Gasteiger partial charge in [0, 0.05) is 18.7 Å². The zero-order valence-corrected chi connectivity index (χ0v) is 14.7. The van der Waals surface area contributed by atoms with Crippen molar-refractivity contribution in [2.75, 3.05) is 28.3 Å². The summed E-state index contributed by atoms with van der Waals surface area (Å²) in [6, 6.07) is 3.18. The lowest BCUT2D eigenvalue weighted by molar-refractivity contribution is 0.449. The maximum Gasteiger partial charge on any atom is 0.196 e. The first-order valence-corrected chi connectivity index (χ1v) is 9.82. The number of hydrogen-bond donors (Lipinski definition) is 1. The van der Waals surface area contributed by atoms with Crippen molar-refractivity contribution in [2.24, 2.45) is 0 Å². The van der Waals surface area contributed by atoms with Gasteiger partial charge in [-0.25, -0.2) is 31.6 Å². The number of halogens is 3. The molecule has 1 aromatic carbocycles. The topological polar surface area (TPSA) is 75.2 Å². The molecule has 2 heterocycles. The van der Waals surface area contributed by atoms with Crippen molar-refractivity contribution >= 4 is 27.2 Å². The summed E-state index contributed by atoms with van der Waals surface area (Å²) in [5.74, 6) is -3.38. The number of sulfone groups is 1. The smallest absolute Gasteiger partial charge is 0.196 e. The van der Waals surface area contributed by atoms with Crippen molar-refractivity contribution in [1.29, 1.82) is 0 Å². The lowest BCUT2D eigenvalue weighted by Crippen LogP contribution is -2.36. The maximum absolute atomic E-state index is 13.8. The molecule has 6 nitrogen and oxygen atoms in total. The van der Waals surface area contributed by atoms with E-state index in [-0.39, 0.29) is 29.1 Å². The van der Waals surface area contributed by atoms with E-state index in [2.05, 4.69) is 15.3 Å². The fourth-order valence-electron chi connectivity index (χ4n) is 2.96. The van der Waals surface area contributed by atoms with Crippen LogP contribution in [0.5, 0.6) is 0 Å². The monoisotopic (exact) mass is 386 g/mol. The summed E-state index contributed by atoms with van der Waals surface area (Å²) in [5.41, 5.74) is -0.264. The van der Waals surface area contributed by atoms with Crippen LogP contribution < -0.4 is 10.2 Å². The highest BCUT2D eigenvalue weighted by atomic mass is 32.2. The van der Waals surface area contributed by atoms with Crippen LogP contribution in [0, 0.1) is 17.5 Å². The largest absolute Gasteiger partial charge is 0.353 e. The van der Waals surface area contributed by atoms with Gasteiger partial charge in [0.05, 0.1) is 17.2 Å². The Morgan fingerprint density at radius 1 is 1.23 bits per heavy atom. The van der Waals surface area contributed by atoms with Gasteiger partial charge in [0.25, 0.3) is 0 Å². The van der Waals surface area contributed by atoms with Crippen molar-refractivity contribution in [3.63, 3.8) is 0 Å². The van der Waals surface area contributed by atoms with Gasteiger partial charge in [0.2, 0.25) is 0 Å². The van der Waals surface area contributed by atoms with Crippen LogP contribution in [0.3, 0.4) is 0 Å². The lowest BCUT2D eigenvalue weighted by Gasteiger charge is -2.28. The fraction of sp³-hybridized carbons (Fsp3) is 0.375. The van der Waals surface area contributed by atoms with E-state index in [4.69, 9.17) is 0 Å². The van der Waals surface area contributed by atoms with Crippen LogP contribution in [0.1, 0.15) is 13.3 Å². The molecule has 1 aromatic heterocycles. The Balaban J connectivity index is 1.85. The van der Waals surface area contributed by atoms with E-state index < -0.39 is 27.3 Å². The molecule has 1 atom stereocenters. The Morgan fingerprint density at radius 3 is 2.65 bits per heavy atom. The first-order chi connectivity index (χ1) is 12.3. The minimum atomic E-state index is -3.06. The van der Waals surface area contributed by atoms with Gasteiger partial charge < -0.3 is 10.2 Å². The number of benzene rings is 1. The summed E-state index contributed by atoms with van der Waals surface area (Å²) in [7, 11) is -3.06. The highest BCUT2D eigenvalue weighted by Gasteiger charge is 2.32. The maximum atomic E-state index is 13.8. The predicted molar refractivity (Wildman–Crippen MR) is 91.7 cm³/mol. The minimum Gasteiger partial charge on any atom is -0.353 e. The molecular weight excluding hydrogens is 369 g/mol. The lowest BCUT2D eigenvalue weighted by atomic mass is 10.2. The number of hydrogen-bond acceptors (Lipinski definition) is 6. The van der Waals surface area contributed by atoms with E-state index in [1.165, 1.54) is 12.4 Å². The van der Waals surface area contributed by atoms with E-state index in [0.717, 1.165) is 12.1 Å². The van der Waals surface area contributed by atoms with Gasteiger partial charge in [-0.15, -0.1) is 0 Å². The van der Waals surface area contributed by atoms with Crippen molar-refractivity contribution in [2.45, 2.75) is 19.4 Å². The normalized spacial score (nSPS) is 18.7. The molecule has 0 bridgehead atoms. The molecule has 3 rings (SSSR count). The molecule has 10 heteroatoms. The van der Waals surface area contributed by atoms with Crippen molar-refractivity contribution in [3.05, 3.63) is 42.0 Å². The second kappa shape index (κ2) is 7.10. The average molecular weight is 386 g/mol. The molecule has 1 fully saturated rings. The first-order valence-electron chi connectivity index (χ1n) is 8.00. The van der Waals surface area contributed by atoms with Gasteiger partial charge in [0.1, 0.15) is 18.0 Å². The van der Waals surface area contributed by atoms with Crippen LogP contribution in [0.25, 0.3) is 0 Å². The predicted octanol–water partition coefficient (Wildman–Crippen LogP) is 2.65. The van der Waals surface area contributed by atoms with E-state index in [0.29, 0.717) is 18.8 Å². The summed E-state index contributed by atoms with van der Waals surface area (Å²) in [4.78, 5) is 9.93. The molecule has 0 spiro atoms. The Kier molecular flexibility index (Phi) is 5.03. The van der Waals surface area contributed by atoms with E-state index >= 15 is 0 Å². The Bertz CT molecular complexity index is 924. The Morgan fingerprint density at radius 2 is 2.00 bits per heavy atom. The van der Waals surface area contributed by atoms with Crippen molar-refractivity contribution in [1.82, 2.24) is 9.97 Å². The molecule has 26 heavy (non-hydrogen) atoms. The quantitative estimate of drug-likeness (QED) is 0.797. The van der Waals surface area contributed by atoms with E-state index in [9.17, 15) is 21.6 Å². The zero-order valence-electron chi connectivity index (χ0n) is 13.9. The second-order valence-electron chi connectivity index (χ2n) is 5.95. The number of aromatic nitrogens is 2. The zero-order chi connectivity index (χ0) is 18.9. The van der Waals surface area contributed by atoms with E-state index in [1.807, 2.05) is 11.8 Å². The number of rotatable bonds is 5. The Hall–Kier alpha value is -2.36. The van der Waals surface area contributed by atoms with Crippen LogP contribution in [0.15, 0.2) is 24.5 Å². The van der Waals surface area contributed by atoms with Gasteiger partial charge in [-0.1, -0.05) is 0 Å². The molecule has 0 aliphatic carbocycles. The summed E-state index contributed by atoms with van der Waals surface area (Å²) < 4.78 is 63.6. The second-order valence-corrected chi connectivity index (χ2v) is 8.18. The average Bonchev–Trinajstić information content (AvgIpc) is 2.96. The van der Waals surface area contributed by atoms with Crippen LogP contribution in [0.4, 0.5) is 30.5 Å². The highest BCUT2D eigenvalue weighted by molar-refractivity contribution is 7.91. The van der Waals surface area contributed by atoms with Crippen LogP contribution in [0.2, 0.25) is 0 Å². The molecule has 1 saturated heterocycles. The third-order valence-electron chi connectivity index (χ3n) is 4.23. The summed E-state index contributed by atoms with van der Waals surface area (Å²) >= 11 is 0. The van der Waals surface area contributed by atoms with Crippen molar-refractivity contribution in [3.8, 4) is 0 Å². The Labute approximate surface area is 149 Å². The van der Waals surface area contributed by atoms with Crippen LogP contribution in [-0.2, 0) is 9.84 Å². The number of anilines is 3. The highest BCUT2D eigenvalue weighted by Crippen LogP contribution is 2.26. The third kappa shape index (κ3) is 3.74. The van der Waals surface area contributed by atoms with Crippen LogP contribution >= 0.6 is 0 Å². The number of nitrogens with one attached hydrogen (secondary N) is 1. The molecule has 1 aliphatic heterocycles. The molecule has 1 unspecified atom stereocenters. The van der Waals surface area contributed by atoms with Gasteiger partial charge in [0.15, 0.2) is 27.3 Å². The summed E-state index contributed by atoms with van der Waals surface area (Å²) in [6.45, 7) is 2.39. The number of nitrogens with zero attached hydrogens (tertiary/aromatic N) is 3. The molecule has 1 aliphatic rings. The summed E-state index contributed by atoms with van der Waals surface area (Å²) in [6.07, 6.45) is 1.74. The van der Waals surface area contributed by atoms with Crippen LogP contribution in [-0.4, -0.2) is 42.5 Å². The van der Waals surface area contributed by atoms with Gasteiger partial charge in [-0.05, 0) is 25.5 Å². The van der Waals surface area contributed by atoms with E-state index in [1.54, 1.807) is 0 Å². The standard InChI is InChI=1S/C16H17F3N4O2S/c1-2-23(10-5-6-26(24,25)8-10)14-7-13(20-9-21-14)22-12-4-3-11(17)15(18)16(12)19/h3-4,7,9-10H,2,5-6,8H2,1H3,(H,20,21,22). The molecular formula is C16H17F3N4O2S. The molecule has 140 valence electrons. The van der Waals surface area contributed by atoms with Crippen molar-refractivity contribution < 1.29 is 21.6 Å². The SMILES string of the molecule is CCN(c1cc(Nc2ccc(F)c(F)c2F)ncn1)C1CCS(=O)(=O)C1. The summed E-state index contributed by atoms with van der Waals surface area (Å²) in [5, 5.41) is 2.59. The van der Waals surface area contributed by atoms with Gasteiger partial charge >= 0.3 is 0 Å². The van der Waals surface area contributed by atoms with Gasteiger partial charge in [-0.2, -0.15) is 0 Å². The molecule has 0 amide bonds. The molecule has 0 radical (unpaired) electrons. The molecule has 1 N–H and O–H groups in total. The third-order valence-corrected chi connectivity index (χ3v) is 5.99. The molecule has 0 saturated carbocycles.